The predicted octanol–water partition coefficient (Wildman–Crippen LogP) is 3.88. The fourth-order valence-corrected chi connectivity index (χ4v) is 1.71. The Morgan fingerprint density at radius 2 is 1.69 bits per heavy atom. The Balaban J connectivity index is 2.97. The molecule has 0 aliphatic heterocycles. The Bertz CT molecular complexity index is 395. The maximum absolute atomic E-state index is 13.0. The van der Waals surface area contributed by atoms with Gasteiger partial charge >= 0.3 is 9.84 Å². The zero-order valence-corrected chi connectivity index (χ0v) is 9.75. The highest BCUT2D eigenvalue weighted by atomic mass is 35.5. The quantitative estimate of drug-likeness (QED) is 0.656. The molecule has 1 aromatic rings. The first-order valence-corrected chi connectivity index (χ1v) is 5.36. The largest absolute Gasteiger partial charge is 0.508 e. The maximum Gasteiger partial charge on any atom is 0.359 e. The van der Waals surface area contributed by atoms with Gasteiger partial charge in [0.25, 0.3) is 0 Å². The molecule has 1 aromatic carbocycles. The summed E-state index contributed by atoms with van der Waals surface area (Å²) < 4.78 is 35.0. The van der Waals surface area contributed by atoms with E-state index in [4.69, 9.17) is 5.11 Å². The van der Waals surface area contributed by atoms with Crippen LogP contribution in [-0.4, -0.2) is 20.1 Å². The van der Waals surface area contributed by atoms with Crippen LogP contribution in [-0.2, 0) is 0 Å². The van der Waals surface area contributed by atoms with Crippen molar-refractivity contribution < 1.29 is 23.4 Å². The molecule has 0 aliphatic carbocycles. The minimum atomic E-state index is -4.13. The van der Waals surface area contributed by atoms with Gasteiger partial charge in [0.2, 0.25) is 0 Å². The normalized spacial score (nSPS) is 12.8. The Kier molecular flexibility index (Phi) is 3.76. The summed E-state index contributed by atoms with van der Waals surface area (Å²) in [4.78, 5) is -0.355. The van der Waals surface area contributed by atoms with Crippen LogP contribution in [0.1, 0.15) is 0 Å². The summed E-state index contributed by atoms with van der Waals surface area (Å²) in [5, 5.41) is 14.0. The molecular formula is C8H5Cl2F3O2S. The second kappa shape index (κ2) is 4.43. The van der Waals surface area contributed by atoms with E-state index in [-0.39, 0.29) is 22.4 Å². The monoisotopic (exact) mass is 292 g/mol. The van der Waals surface area contributed by atoms with Crippen molar-refractivity contribution in [2.24, 2.45) is 0 Å². The maximum atomic E-state index is 13.0. The Morgan fingerprint density at radius 1 is 1.12 bits per heavy atom. The van der Waals surface area contributed by atoms with E-state index < -0.39 is 15.6 Å². The molecule has 0 spiro atoms. The molecule has 0 amide bonds. The summed E-state index contributed by atoms with van der Waals surface area (Å²) in [6.45, 7) is 0. The fraction of sp³-hybridized carbons (Fsp3) is 0.250. The molecule has 16 heavy (non-hydrogen) atoms. The lowest BCUT2D eigenvalue weighted by Crippen LogP contribution is -2.30. The Hall–Kier alpha value is -0.460. The van der Waals surface area contributed by atoms with E-state index in [1.54, 1.807) is 0 Å². The summed E-state index contributed by atoms with van der Waals surface area (Å²) in [5.74, 6) is -0.935. The van der Waals surface area contributed by atoms with Gasteiger partial charge in [0.1, 0.15) is 11.5 Å². The average molecular weight is 293 g/mol. The van der Waals surface area contributed by atoms with Gasteiger partial charge in [-0.2, -0.15) is 13.2 Å². The Morgan fingerprint density at radius 3 is 2.12 bits per heavy atom. The molecule has 8 heteroatoms. The standard InChI is InChI=1S/C8H5Cl2F3O2S/c9-7(10,11)8(12,13)16-6-2-1-4(14)3-5(6)15/h1-3,14-15H. The lowest BCUT2D eigenvalue weighted by Gasteiger charge is -2.21. The van der Waals surface area contributed by atoms with Crippen LogP contribution in [0, 0.1) is 0 Å². The number of phenols is 2. The molecule has 0 atom stereocenters. The predicted molar refractivity (Wildman–Crippen MR) is 56.1 cm³/mol. The van der Waals surface area contributed by atoms with Crippen LogP contribution in [0.4, 0.5) is 13.2 Å². The first kappa shape index (κ1) is 13.6. The fourth-order valence-electron chi connectivity index (χ4n) is 0.788. The van der Waals surface area contributed by atoms with Crippen LogP contribution in [0.25, 0.3) is 0 Å². The van der Waals surface area contributed by atoms with Gasteiger partial charge in [-0.05, 0) is 23.9 Å². The molecule has 0 bridgehead atoms. The Labute approximate surface area is 103 Å². The SMILES string of the molecule is Oc1ccc(SC(F)(F)C(F)(Cl)Cl)c(O)c1. The van der Waals surface area contributed by atoms with E-state index in [0.717, 1.165) is 18.2 Å². The molecule has 2 N–H and O–H groups in total. The van der Waals surface area contributed by atoms with Crippen LogP contribution in [0.2, 0.25) is 0 Å². The molecule has 0 radical (unpaired) electrons. The van der Waals surface area contributed by atoms with Gasteiger partial charge in [0, 0.05) is 6.07 Å². The first-order valence-electron chi connectivity index (χ1n) is 3.79. The second-order valence-corrected chi connectivity index (χ2v) is 5.16. The average Bonchev–Trinajstić information content (AvgIpc) is 2.08. The van der Waals surface area contributed by atoms with Gasteiger partial charge in [-0.25, -0.2) is 0 Å². The van der Waals surface area contributed by atoms with E-state index in [2.05, 4.69) is 23.2 Å². The summed E-state index contributed by atoms with van der Waals surface area (Å²) >= 11 is 8.97. The van der Waals surface area contributed by atoms with Gasteiger partial charge in [-0.1, -0.05) is 23.2 Å². The number of benzene rings is 1. The lowest BCUT2D eigenvalue weighted by atomic mass is 10.3. The molecule has 0 aliphatic rings. The van der Waals surface area contributed by atoms with Crippen LogP contribution in [0.3, 0.4) is 0 Å². The molecule has 90 valence electrons. The van der Waals surface area contributed by atoms with Crippen molar-refractivity contribution in [2.45, 2.75) is 14.7 Å². The third kappa shape index (κ3) is 3.02. The van der Waals surface area contributed by atoms with Crippen molar-refractivity contribution in [3.8, 4) is 11.5 Å². The van der Waals surface area contributed by atoms with Crippen LogP contribution in [0.15, 0.2) is 23.1 Å². The van der Waals surface area contributed by atoms with E-state index in [1.165, 1.54) is 0 Å². The molecule has 0 heterocycles. The lowest BCUT2D eigenvalue weighted by molar-refractivity contribution is 0.0324. The summed E-state index contributed by atoms with van der Waals surface area (Å²) in [6.07, 6.45) is 0. The van der Waals surface area contributed by atoms with Crippen LogP contribution < -0.4 is 0 Å². The molecule has 2 nitrogen and oxygen atoms in total. The number of hydrogen-bond acceptors (Lipinski definition) is 3. The number of rotatable bonds is 3. The van der Waals surface area contributed by atoms with Gasteiger partial charge < -0.3 is 10.2 Å². The zero-order valence-electron chi connectivity index (χ0n) is 7.42. The summed E-state index contributed by atoms with van der Waals surface area (Å²) in [7, 11) is 0. The summed E-state index contributed by atoms with van der Waals surface area (Å²) in [6, 6.07) is 2.88. The van der Waals surface area contributed by atoms with Crippen molar-refractivity contribution in [1.29, 1.82) is 0 Å². The third-order valence-electron chi connectivity index (χ3n) is 1.51. The molecule has 0 unspecified atom stereocenters. The van der Waals surface area contributed by atoms with E-state index in [0.29, 0.717) is 0 Å². The van der Waals surface area contributed by atoms with Crippen molar-refractivity contribution in [2.75, 3.05) is 0 Å². The number of thioether (sulfide) groups is 1. The van der Waals surface area contributed by atoms with E-state index >= 15 is 0 Å². The minimum Gasteiger partial charge on any atom is -0.508 e. The highest BCUT2D eigenvalue weighted by molar-refractivity contribution is 8.00. The van der Waals surface area contributed by atoms with E-state index in [9.17, 15) is 18.3 Å². The van der Waals surface area contributed by atoms with Gasteiger partial charge in [0.05, 0.1) is 4.90 Å². The van der Waals surface area contributed by atoms with Gasteiger partial charge in [0.15, 0.2) is 0 Å². The molecule has 0 saturated heterocycles. The minimum absolute atomic E-state index is 0.312. The van der Waals surface area contributed by atoms with Crippen LogP contribution >= 0.6 is 35.0 Å². The van der Waals surface area contributed by atoms with Crippen LogP contribution in [0.5, 0.6) is 11.5 Å². The van der Waals surface area contributed by atoms with E-state index in [1.807, 2.05) is 0 Å². The zero-order chi connectivity index (χ0) is 12.6. The number of phenolic OH excluding ortho intramolecular Hbond substituents is 2. The van der Waals surface area contributed by atoms with Crippen molar-refractivity contribution in [1.82, 2.24) is 0 Å². The van der Waals surface area contributed by atoms with Crippen molar-refractivity contribution >= 4 is 35.0 Å². The first-order chi connectivity index (χ1) is 7.13. The van der Waals surface area contributed by atoms with Crippen molar-refractivity contribution in [3.63, 3.8) is 0 Å². The second-order valence-electron chi connectivity index (χ2n) is 2.77. The highest BCUT2D eigenvalue weighted by Crippen LogP contribution is 2.52. The molecule has 0 aromatic heterocycles. The number of alkyl halides is 5. The van der Waals surface area contributed by atoms with Gasteiger partial charge in [-0.15, -0.1) is 0 Å². The van der Waals surface area contributed by atoms with Gasteiger partial charge in [-0.3, -0.25) is 0 Å². The third-order valence-corrected chi connectivity index (χ3v) is 3.31. The topological polar surface area (TPSA) is 40.5 Å². The number of halogens is 5. The molecule has 0 saturated carbocycles. The molecule has 1 rings (SSSR count). The summed E-state index contributed by atoms with van der Waals surface area (Å²) in [5.41, 5.74) is 0. The number of hydrogen-bond donors (Lipinski definition) is 2. The molecular weight excluding hydrogens is 288 g/mol. The highest BCUT2D eigenvalue weighted by Gasteiger charge is 2.54. The van der Waals surface area contributed by atoms with Crippen molar-refractivity contribution in [3.05, 3.63) is 18.2 Å². The number of aromatic hydroxyl groups is 2. The molecule has 0 fully saturated rings. The smallest absolute Gasteiger partial charge is 0.359 e.